The SMILES string of the molecule is Clc1cccn2nc(C3CCOCC3)nc12. The van der Waals surface area contributed by atoms with Crippen LogP contribution in [-0.4, -0.2) is 27.8 Å². The average Bonchev–Trinajstić information content (AvgIpc) is 2.76. The molecule has 0 spiro atoms. The van der Waals surface area contributed by atoms with E-state index in [4.69, 9.17) is 16.3 Å². The molecule has 0 aliphatic carbocycles. The first-order valence-corrected chi connectivity index (χ1v) is 5.81. The zero-order valence-corrected chi connectivity index (χ0v) is 9.52. The van der Waals surface area contributed by atoms with Crippen molar-refractivity contribution in [3.63, 3.8) is 0 Å². The Kier molecular flexibility index (Phi) is 2.53. The highest BCUT2D eigenvalue weighted by Gasteiger charge is 2.20. The summed E-state index contributed by atoms with van der Waals surface area (Å²) in [5.41, 5.74) is 0.741. The van der Waals surface area contributed by atoms with Gasteiger partial charge in [-0.05, 0) is 25.0 Å². The maximum absolute atomic E-state index is 6.06. The summed E-state index contributed by atoms with van der Waals surface area (Å²) < 4.78 is 7.07. The molecule has 16 heavy (non-hydrogen) atoms. The third-order valence-electron chi connectivity index (χ3n) is 2.92. The molecule has 0 unspecified atom stereocenters. The third-order valence-corrected chi connectivity index (χ3v) is 3.21. The summed E-state index contributed by atoms with van der Waals surface area (Å²) in [5.74, 6) is 1.29. The number of nitrogens with zero attached hydrogens (tertiary/aromatic N) is 3. The van der Waals surface area contributed by atoms with Gasteiger partial charge in [0, 0.05) is 25.3 Å². The molecule has 1 fully saturated rings. The van der Waals surface area contributed by atoms with E-state index < -0.39 is 0 Å². The van der Waals surface area contributed by atoms with Gasteiger partial charge in [0.25, 0.3) is 0 Å². The smallest absolute Gasteiger partial charge is 0.174 e. The molecule has 1 saturated heterocycles. The van der Waals surface area contributed by atoms with Gasteiger partial charge in [0.1, 0.15) is 0 Å². The van der Waals surface area contributed by atoms with Crippen LogP contribution in [0.25, 0.3) is 5.65 Å². The summed E-state index contributed by atoms with van der Waals surface area (Å²) in [6.07, 6.45) is 3.86. The van der Waals surface area contributed by atoms with Gasteiger partial charge < -0.3 is 4.74 Å². The molecule has 0 saturated carbocycles. The molecule has 3 rings (SSSR count). The molecule has 3 heterocycles. The van der Waals surface area contributed by atoms with Crippen molar-refractivity contribution in [2.45, 2.75) is 18.8 Å². The molecule has 2 aromatic rings. The lowest BCUT2D eigenvalue weighted by molar-refractivity contribution is 0.0836. The monoisotopic (exact) mass is 237 g/mol. The largest absolute Gasteiger partial charge is 0.381 e. The van der Waals surface area contributed by atoms with Crippen LogP contribution in [0.15, 0.2) is 18.3 Å². The van der Waals surface area contributed by atoms with Crippen LogP contribution in [0.4, 0.5) is 0 Å². The second-order valence-electron chi connectivity index (χ2n) is 3.98. The number of rotatable bonds is 1. The van der Waals surface area contributed by atoms with Crippen molar-refractivity contribution in [1.82, 2.24) is 14.6 Å². The minimum Gasteiger partial charge on any atom is -0.381 e. The zero-order chi connectivity index (χ0) is 11.0. The molecule has 2 aromatic heterocycles. The van der Waals surface area contributed by atoms with Gasteiger partial charge in [-0.25, -0.2) is 9.50 Å². The highest BCUT2D eigenvalue weighted by Crippen LogP contribution is 2.25. The highest BCUT2D eigenvalue weighted by atomic mass is 35.5. The second kappa shape index (κ2) is 4.03. The first-order valence-electron chi connectivity index (χ1n) is 5.43. The third kappa shape index (κ3) is 1.68. The molecule has 5 heteroatoms. The standard InChI is InChI=1S/C11H12ClN3O/c12-9-2-1-5-15-11(9)13-10(14-15)8-3-6-16-7-4-8/h1-2,5,8H,3-4,6-7H2. The van der Waals surface area contributed by atoms with Crippen LogP contribution < -0.4 is 0 Å². The zero-order valence-electron chi connectivity index (χ0n) is 8.77. The maximum atomic E-state index is 6.06. The Morgan fingerprint density at radius 1 is 1.38 bits per heavy atom. The number of pyridine rings is 1. The van der Waals surface area contributed by atoms with Crippen molar-refractivity contribution in [2.24, 2.45) is 0 Å². The van der Waals surface area contributed by atoms with Crippen molar-refractivity contribution < 1.29 is 4.74 Å². The Labute approximate surface area is 98.2 Å². The number of halogens is 1. The molecule has 0 bridgehead atoms. The second-order valence-corrected chi connectivity index (χ2v) is 4.39. The average molecular weight is 238 g/mol. The normalized spacial score (nSPS) is 18.1. The molecule has 0 aromatic carbocycles. The lowest BCUT2D eigenvalue weighted by atomic mass is 10.00. The molecule has 4 nitrogen and oxygen atoms in total. The number of aromatic nitrogens is 3. The van der Waals surface area contributed by atoms with Crippen molar-refractivity contribution in [3.05, 3.63) is 29.2 Å². The molecular weight excluding hydrogens is 226 g/mol. The van der Waals surface area contributed by atoms with Crippen molar-refractivity contribution in [1.29, 1.82) is 0 Å². The van der Waals surface area contributed by atoms with Crippen molar-refractivity contribution in [2.75, 3.05) is 13.2 Å². The van der Waals surface area contributed by atoms with E-state index in [1.54, 1.807) is 4.52 Å². The first-order chi connectivity index (χ1) is 7.84. The predicted octanol–water partition coefficient (Wildman–Crippen LogP) is 2.28. The predicted molar refractivity (Wildman–Crippen MR) is 60.8 cm³/mol. The van der Waals surface area contributed by atoms with Gasteiger partial charge in [-0.15, -0.1) is 0 Å². The summed E-state index contributed by atoms with van der Waals surface area (Å²) >= 11 is 6.06. The molecule has 1 aliphatic heterocycles. The van der Waals surface area contributed by atoms with E-state index in [1.165, 1.54) is 0 Å². The number of ether oxygens (including phenoxy) is 1. The van der Waals surface area contributed by atoms with Gasteiger partial charge >= 0.3 is 0 Å². The van der Waals surface area contributed by atoms with E-state index >= 15 is 0 Å². The van der Waals surface area contributed by atoms with Crippen molar-refractivity contribution in [3.8, 4) is 0 Å². The lowest BCUT2D eigenvalue weighted by Crippen LogP contribution is -2.15. The van der Waals surface area contributed by atoms with Gasteiger partial charge in [0.05, 0.1) is 5.02 Å². The van der Waals surface area contributed by atoms with Gasteiger partial charge in [-0.1, -0.05) is 11.6 Å². The van der Waals surface area contributed by atoms with Crippen LogP contribution in [0.5, 0.6) is 0 Å². The van der Waals surface area contributed by atoms with E-state index in [-0.39, 0.29) is 0 Å². The minimum absolute atomic E-state index is 0.407. The fourth-order valence-electron chi connectivity index (χ4n) is 2.02. The molecular formula is C11H12ClN3O. The Balaban J connectivity index is 2.01. The summed E-state index contributed by atoms with van der Waals surface area (Å²) in [7, 11) is 0. The Bertz CT molecular complexity index is 505. The van der Waals surface area contributed by atoms with E-state index in [0.717, 1.165) is 37.5 Å². The molecule has 1 aliphatic rings. The topological polar surface area (TPSA) is 39.4 Å². The minimum atomic E-state index is 0.407. The number of hydrogen-bond donors (Lipinski definition) is 0. The van der Waals surface area contributed by atoms with E-state index in [0.29, 0.717) is 10.9 Å². The van der Waals surface area contributed by atoms with Crippen LogP contribution in [0.3, 0.4) is 0 Å². The fourth-order valence-corrected chi connectivity index (χ4v) is 2.22. The summed E-state index contributed by atoms with van der Waals surface area (Å²) in [6, 6.07) is 3.71. The van der Waals surface area contributed by atoms with Gasteiger partial charge in [-0.2, -0.15) is 5.10 Å². The first kappa shape index (κ1) is 10.1. The fraction of sp³-hybridized carbons (Fsp3) is 0.455. The summed E-state index contributed by atoms with van der Waals surface area (Å²) in [4.78, 5) is 4.50. The van der Waals surface area contributed by atoms with Crippen LogP contribution in [-0.2, 0) is 4.74 Å². The molecule has 0 amide bonds. The molecule has 0 radical (unpaired) electrons. The summed E-state index contributed by atoms with van der Waals surface area (Å²) in [6.45, 7) is 1.60. The van der Waals surface area contributed by atoms with Gasteiger partial charge in [0.15, 0.2) is 11.5 Å². The Morgan fingerprint density at radius 2 is 2.19 bits per heavy atom. The van der Waals surface area contributed by atoms with E-state index in [9.17, 15) is 0 Å². The van der Waals surface area contributed by atoms with Crippen molar-refractivity contribution >= 4 is 17.2 Å². The molecule has 0 N–H and O–H groups in total. The quantitative estimate of drug-likeness (QED) is 0.764. The van der Waals surface area contributed by atoms with E-state index in [2.05, 4.69) is 10.1 Å². The van der Waals surface area contributed by atoms with Crippen LogP contribution in [0, 0.1) is 0 Å². The Morgan fingerprint density at radius 3 is 2.94 bits per heavy atom. The maximum Gasteiger partial charge on any atom is 0.174 e. The molecule has 84 valence electrons. The number of fused-ring (bicyclic) bond motifs is 1. The Hall–Kier alpha value is -1.13. The number of hydrogen-bond acceptors (Lipinski definition) is 3. The highest BCUT2D eigenvalue weighted by molar-refractivity contribution is 6.33. The van der Waals surface area contributed by atoms with Crippen LogP contribution in [0.1, 0.15) is 24.6 Å². The van der Waals surface area contributed by atoms with E-state index in [1.807, 2.05) is 18.3 Å². The van der Waals surface area contributed by atoms with Crippen LogP contribution in [0.2, 0.25) is 5.02 Å². The van der Waals surface area contributed by atoms with Gasteiger partial charge in [0.2, 0.25) is 0 Å². The lowest BCUT2D eigenvalue weighted by Gasteiger charge is -2.18. The van der Waals surface area contributed by atoms with Crippen LogP contribution >= 0.6 is 11.6 Å². The summed E-state index contributed by atoms with van der Waals surface area (Å²) in [5, 5.41) is 5.11. The molecule has 0 atom stereocenters. The van der Waals surface area contributed by atoms with Gasteiger partial charge in [-0.3, -0.25) is 0 Å².